The second-order valence-corrected chi connectivity index (χ2v) is 30.5. The van der Waals surface area contributed by atoms with E-state index in [4.69, 9.17) is 9.84 Å². The minimum atomic E-state index is -1.00. The van der Waals surface area contributed by atoms with Gasteiger partial charge in [-0.3, -0.25) is 49.0 Å². The monoisotopic (exact) mass is 1470 g/mol. The number of nitrogens with zero attached hydrogens (tertiary/aromatic N) is 8. The summed E-state index contributed by atoms with van der Waals surface area (Å²) in [7, 11) is 1.49. The Kier molecular flexibility index (Phi) is 28.2. The predicted octanol–water partition coefficient (Wildman–Crippen LogP) is 12.9. The molecule has 2 aliphatic heterocycles. The van der Waals surface area contributed by atoms with Gasteiger partial charge in [0.1, 0.15) is 52.4 Å². The van der Waals surface area contributed by atoms with E-state index in [-0.39, 0.29) is 71.4 Å². The van der Waals surface area contributed by atoms with Crippen molar-refractivity contribution >= 4 is 47.5 Å². The number of halogens is 2. The largest absolute Gasteiger partial charge is 0.477 e. The molecule has 7 amide bonds. The normalized spacial score (nSPS) is 15.4. The summed E-state index contributed by atoms with van der Waals surface area (Å²) in [5.74, 6) is -3.29. The van der Waals surface area contributed by atoms with Crippen LogP contribution in [-0.2, 0) is 36.8 Å². The van der Waals surface area contributed by atoms with Crippen molar-refractivity contribution in [3.05, 3.63) is 198 Å². The van der Waals surface area contributed by atoms with Crippen LogP contribution in [0.5, 0.6) is 0 Å². The first-order valence-corrected chi connectivity index (χ1v) is 36.5. The Hall–Kier alpha value is -10.9. The van der Waals surface area contributed by atoms with Crippen LogP contribution in [0.3, 0.4) is 0 Å². The number of H-pyrrole nitrogens is 3. The molecular formula is C82H103F2N13O10. The molecule has 2 aliphatic rings. The molecule has 3 aromatic heterocycles. The van der Waals surface area contributed by atoms with Crippen LogP contribution in [0.2, 0.25) is 0 Å². The molecule has 6 N–H and O–H groups in total. The van der Waals surface area contributed by atoms with Gasteiger partial charge in [-0.15, -0.1) is 0 Å². The molecule has 10 rings (SSSR count). The molecule has 6 atom stereocenters. The number of rotatable bonds is 24. The molecule has 5 heterocycles. The average molecular weight is 1470 g/mol. The predicted molar refractivity (Wildman–Crippen MR) is 406 cm³/mol. The maximum absolute atomic E-state index is 14.3. The summed E-state index contributed by atoms with van der Waals surface area (Å²) in [4.78, 5) is 114. The van der Waals surface area contributed by atoms with Crippen LogP contribution in [-0.4, -0.2) is 190 Å². The molecule has 5 aromatic carbocycles. The summed E-state index contributed by atoms with van der Waals surface area (Å²) in [5.41, 5.74) is 5.31. The van der Waals surface area contributed by atoms with Crippen LogP contribution >= 0.6 is 0 Å². The zero-order valence-corrected chi connectivity index (χ0v) is 63.6. The first-order chi connectivity index (χ1) is 50.7. The van der Waals surface area contributed by atoms with Gasteiger partial charge in [0, 0.05) is 81.0 Å². The van der Waals surface area contributed by atoms with E-state index < -0.39 is 52.5 Å². The van der Waals surface area contributed by atoms with E-state index in [9.17, 15) is 47.1 Å². The maximum Gasteiger partial charge on any atom is 0.410 e. The number of likely N-dealkylation sites (N-methyl/N-ethyl adjacent to an activating group) is 1. The molecule has 0 radical (unpaired) electrons. The number of ether oxygens (including phenoxy) is 1. The van der Waals surface area contributed by atoms with E-state index in [1.54, 1.807) is 78.8 Å². The lowest BCUT2D eigenvalue weighted by atomic mass is 9.85. The van der Waals surface area contributed by atoms with Crippen molar-refractivity contribution in [1.29, 1.82) is 0 Å². The van der Waals surface area contributed by atoms with Crippen molar-refractivity contribution in [3.63, 3.8) is 0 Å². The molecule has 23 nitrogen and oxygen atoms in total. The van der Waals surface area contributed by atoms with Gasteiger partial charge >= 0.3 is 12.1 Å². The Labute approximate surface area is 625 Å². The number of carboxylic acid groups (broad SMARTS) is 1. The molecule has 0 spiro atoms. The topological polar surface area (TPSA) is 292 Å². The lowest BCUT2D eigenvalue weighted by molar-refractivity contribution is -0.141. The number of aromatic carboxylic acids is 1. The quantitative estimate of drug-likeness (QED) is 0.0328. The Bertz CT molecular complexity index is 4260. The number of carbonyl (C=O) groups excluding carboxylic acids is 7. The van der Waals surface area contributed by atoms with Gasteiger partial charge in [0.2, 0.25) is 23.6 Å². The summed E-state index contributed by atoms with van der Waals surface area (Å²) >= 11 is 0. The van der Waals surface area contributed by atoms with Gasteiger partial charge < -0.3 is 40.1 Å². The third kappa shape index (κ3) is 23.1. The van der Waals surface area contributed by atoms with E-state index in [2.05, 4.69) is 41.2 Å². The fraction of sp³-hybridized carbons (Fsp3) is 0.427. The highest BCUT2D eigenvalue weighted by molar-refractivity contribution is 5.95. The van der Waals surface area contributed by atoms with E-state index in [0.29, 0.717) is 86.9 Å². The number of hydrogen-bond donors (Lipinski definition) is 6. The smallest absolute Gasteiger partial charge is 0.410 e. The number of amides is 7. The second-order valence-electron chi connectivity index (χ2n) is 30.5. The fourth-order valence-electron chi connectivity index (χ4n) is 12.5. The standard InChI is InChI=1S/C38H51FN6O5.C34H44FN5O3.C10H8N2O2/c1-25(43(8)36(49)50-38(5,6)7)33(46)40-32(37(2,3)4)35(48)45-21-12-15-29(45)24-44(22-20-26-16-18-28(39)19-17-26)34(47)31-23-30(41-42-31)27-13-10-9-11-14-27;1-6-23(2)31(41)36-30(34(3,4)5)33(43)40-19-10-13-27(40)22-39(20-18-24-14-16-26(35)17-15-24)32(42)29-21-28(37-38-29)25-11-8-7-9-12-25;13-10(14)9-6-8(11-12-9)7-4-2-1-3-5-7/h9-11,13-14,16-19,23,25,29,32H,12,15,20-22,24H2,1-8H3,(H,40,46)(H,41,42);7-9,11-12,14-17,21,23,27,30H,6,10,13,18-20,22H2,1-5H3,(H,36,41)(H,37,38);1-6H,(H,11,12)(H,13,14)/t25-,29-,32+;23-,27+,30-;/m01./s1. The first-order valence-electron chi connectivity index (χ1n) is 36.5. The van der Waals surface area contributed by atoms with Gasteiger partial charge in [-0.05, 0) is 137 Å². The van der Waals surface area contributed by atoms with Crippen LogP contribution in [0.4, 0.5) is 13.6 Å². The number of benzene rings is 5. The number of likely N-dealkylation sites (tertiary alicyclic amines) is 2. The maximum atomic E-state index is 14.3. The zero-order chi connectivity index (χ0) is 77.9. The summed E-state index contributed by atoms with van der Waals surface area (Å²) in [6.45, 7) is 24.5. The molecule has 25 heteroatoms. The minimum Gasteiger partial charge on any atom is -0.477 e. The summed E-state index contributed by atoms with van der Waals surface area (Å²) < 4.78 is 32.6. The number of carbonyl (C=O) groups is 8. The molecule has 2 fully saturated rings. The summed E-state index contributed by atoms with van der Waals surface area (Å²) in [6, 6.07) is 43.1. The summed E-state index contributed by atoms with van der Waals surface area (Å²) in [6.07, 6.45) is 4.03. The molecule has 0 saturated carbocycles. The van der Waals surface area contributed by atoms with Crippen molar-refractivity contribution in [2.24, 2.45) is 16.7 Å². The van der Waals surface area contributed by atoms with E-state index in [1.165, 1.54) is 42.3 Å². The Morgan fingerprint density at radius 1 is 0.542 bits per heavy atom. The number of carboxylic acids is 1. The van der Waals surface area contributed by atoms with Crippen LogP contribution in [0, 0.1) is 28.4 Å². The SMILES string of the molecule is CC[C@@H](C)C(=O)N[C@H](C(=O)N1CCC[C@H]1CN(CCc1ccc(F)cc1)C(=O)c1cc(-c2ccccc2)n[nH]1)C(C)(C)C.C[C@@H](C(=O)N[C@H](C(=O)N1CCC[C@H]1CN(CCc1ccc(F)cc1)C(=O)c1cc(-c2ccccc2)n[nH]1)C(C)(C)C)N(C)C(=O)OC(C)(C)C.O=C(O)c1cc(-c2ccccc2)n[nH]1. The Morgan fingerprint density at radius 2 is 0.897 bits per heavy atom. The van der Waals surface area contributed by atoms with Gasteiger partial charge in [-0.25, -0.2) is 18.4 Å². The highest BCUT2D eigenvalue weighted by Gasteiger charge is 2.44. The van der Waals surface area contributed by atoms with Crippen molar-refractivity contribution in [3.8, 4) is 33.8 Å². The molecule has 8 aromatic rings. The fourth-order valence-corrected chi connectivity index (χ4v) is 12.5. The van der Waals surface area contributed by atoms with E-state index in [1.807, 2.05) is 151 Å². The van der Waals surface area contributed by atoms with Crippen LogP contribution in [0.25, 0.3) is 33.8 Å². The van der Waals surface area contributed by atoms with Crippen molar-refractivity contribution in [1.82, 2.24) is 65.7 Å². The van der Waals surface area contributed by atoms with Crippen LogP contribution < -0.4 is 10.6 Å². The van der Waals surface area contributed by atoms with Gasteiger partial charge in [0.05, 0.1) is 17.1 Å². The minimum absolute atomic E-state index is 0.101. The van der Waals surface area contributed by atoms with Crippen molar-refractivity contribution < 1.29 is 57.0 Å². The van der Waals surface area contributed by atoms with Crippen molar-refractivity contribution in [2.45, 2.75) is 164 Å². The number of aromatic nitrogens is 6. The van der Waals surface area contributed by atoms with Gasteiger partial charge in [-0.2, -0.15) is 15.3 Å². The molecule has 0 aliphatic carbocycles. The molecule has 0 bridgehead atoms. The third-order valence-corrected chi connectivity index (χ3v) is 19.1. The molecule has 570 valence electrons. The van der Waals surface area contributed by atoms with Gasteiger partial charge in [-0.1, -0.05) is 171 Å². The van der Waals surface area contributed by atoms with Gasteiger partial charge in [0.25, 0.3) is 11.8 Å². The molecular weight excluding hydrogens is 1360 g/mol. The molecule has 0 unspecified atom stereocenters. The van der Waals surface area contributed by atoms with E-state index in [0.717, 1.165) is 47.1 Å². The van der Waals surface area contributed by atoms with Crippen LogP contribution in [0.15, 0.2) is 158 Å². The zero-order valence-electron chi connectivity index (χ0n) is 63.6. The van der Waals surface area contributed by atoms with E-state index >= 15 is 0 Å². The first kappa shape index (κ1) is 81.8. The Morgan fingerprint density at radius 3 is 1.23 bits per heavy atom. The third-order valence-electron chi connectivity index (χ3n) is 19.1. The van der Waals surface area contributed by atoms with Gasteiger partial charge in [0.15, 0.2) is 0 Å². The lowest BCUT2D eigenvalue weighted by Gasteiger charge is -2.38. The molecule has 107 heavy (non-hydrogen) atoms. The summed E-state index contributed by atoms with van der Waals surface area (Å²) in [5, 5.41) is 35.5. The number of aromatic amines is 3. The lowest BCUT2D eigenvalue weighted by Crippen LogP contribution is -2.59. The Balaban J connectivity index is 0.000000229. The highest BCUT2D eigenvalue weighted by Crippen LogP contribution is 2.31. The molecule has 2 saturated heterocycles. The highest BCUT2D eigenvalue weighted by atomic mass is 19.1. The van der Waals surface area contributed by atoms with Crippen LogP contribution in [0.1, 0.15) is 158 Å². The second kappa shape index (κ2) is 36.9. The average Bonchev–Trinajstić information content (AvgIpc) is 1.79. The number of nitrogens with one attached hydrogen (secondary N) is 5. The number of hydrogen-bond acceptors (Lipinski definition) is 12. The van der Waals surface area contributed by atoms with Crippen molar-refractivity contribution in [2.75, 3.05) is 46.3 Å².